The summed E-state index contributed by atoms with van der Waals surface area (Å²) in [6.07, 6.45) is 0.612. The Morgan fingerprint density at radius 1 is 0.958 bits per heavy atom. The number of hydrazine groups is 2. The van der Waals surface area contributed by atoms with Crippen molar-refractivity contribution in [2.45, 2.75) is 19.5 Å². The van der Waals surface area contributed by atoms with Crippen molar-refractivity contribution in [2.75, 3.05) is 0 Å². The van der Waals surface area contributed by atoms with E-state index in [0.29, 0.717) is 0 Å². The Morgan fingerprint density at radius 2 is 1.62 bits per heavy atom. The van der Waals surface area contributed by atoms with Crippen molar-refractivity contribution >= 4 is 0 Å². The summed E-state index contributed by atoms with van der Waals surface area (Å²) < 4.78 is 0. The third kappa shape index (κ3) is 3.08. The first kappa shape index (κ1) is 16.4. The predicted octanol–water partition coefficient (Wildman–Crippen LogP) is 2.23. The number of hydrogen-bond acceptors (Lipinski definition) is 5. The number of rotatable bonds is 6. The highest BCUT2D eigenvalue weighted by molar-refractivity contribution is 5.74. The summed E-state index contributed by atoms with van der Waals surface area (Å²) >= 11 is 0. The van der Waals surface area contributed by atoms with E-state index in [1.54, 1.807) is 0 Å². The van der Waals surface area contributed by atoms with Gasteiger partial charge < -0.3 is 0 Å². The minimum atomic E-state index is -0.286. The Kier molecular flexibility index (Phi) is 5.02. The van der Waals surface area contributed by atoms with E-state index in [0.717, 1.165) is 34.5 Å². The Balaban J connectivity index is 1.97. The number of nitrogens with zero attached hydrogens (tertiary/aromatic N) is 1. The molecule has 24 heavy (non-hydrogen) atoms. The van der Waals surface area contributed by atoms with Crippen molar-refractivity contribution < 1.29 is 0 Å². The van der Waals surface area contributed by atoms with Gasteiger partial charge in [-0.3, -0.25) is 16.8 Å². The van der Waals surface area contributed by atoms with Crippen LogP contribution in [-0.2, 0) is 6.42 Å². The third-order valence-corrected chi connectivity index (χ3v) is 4.13. The lowest BCUT2D eigenvalue weighted by atomic mass is 9.99. The first-order valence-electron chi connectivity index (χ1n) is 7.93. The molecule has 3 rings (SSSR count). The van der Waals surface area contributed by atoms with Crippen LogP contribution in [0.25, 0.3) is 22.5 Å². The minimum absolute atomic E-state index is 0.286. The second-order valence-electron chi connectivity index (χ2n) is 5.53. The summed E-state index contributed by atoms with van der Waals surface area (Å²) in [6.45, 7) is 2.14. The molecule has 0 atom stereocenters. The maximum atomic E-state index is 5.47. The average molecular weight is 322 g/mol. The lowest BCUT2D eigenvalue weighted by Crippen LogP contribution is -2.41. The molecule has 0 fully saturated rings. The van der Waals surface area contributed by atoms with E-state index in [2.05, 4.69) is 40.1 Å². The van der Waals surface area contributed by atoms with Gasteiger partial charge in [-0.2, -0.15) is 5.10 Å². The summed E-state index contributed by atoms with van der Waals surface area (Å²) in [7, 11) is 0. The fraction of sp³-hybridized carbons (Fsp3) is 0.167. The van der Waals surface area contributed by atoms with Gasteiger partial charge in [-0.1, -0.05) is 61.5 Å². The van der Waals surface area contributed by atoms with E-state index >= 15 is 0 Å². The second-order valence-corrected chi connectivity index (χ2v) is 5.53. The number of benzene rings is 2. The van der Waals surface area contributed by atoms with Gasteiger partial charge in [0.05, 0.1) is 11.4 Å². The van der Waals surface area contributed by atoms with Crippen LogP contribution in [0.3, 0.4) is 0 Å². The number of aromatic nitrogens is 2. The van der Waals surface area contributed by atoms with Crippen LogP contribution >= 0.6 is 0 Å². The monoisotopic (exact) mass is 322 g/mol. The van der Waals surface area contributed by atoms with E-state index in [9.17, 15) is 0 Å². The fourth-order valence-electron chi connectivity index (χ4n) is 2.87. The van der Waals surface area contributed by atoms with Crippen LogP contribution in [0.4, 0.5) is 0 Å². The largest absolute Gasteiger partial charge is 0.277 e. The van der Waals surface area contributed by atoms with Gasteiger partial charge in [-0.25, -0.2) is 10.9 Å². The van der Waals surface area contributed by atoms with Gasteiger partial charge in [0, 0.05) is 11.1 Å². The molecule has 7 N–H and O–H groups in total. The van der Waals surface area contributed by atoms with Gasteiger partial charge in [0.15, 0.2) is 0 Å². The van der Waals surface area contributed by atoms with Crippen LogP contribution < -0.4 is 22.5 Å². The van der Waals surface area contributed by atoms with Gasteiger partial charge in [-0.05, 0) is 17.5 Å². The van der Waals surface area contributed by atoms with Crippen molar-refractivity contribution in [3.63, 3.8) is 0 Å². The Morgan fingerprint density at radius 3 is 2.21 bits per heavy atom. The molecule has 0 saturated carbocycles. The molecular weight excluding hydrogens is 300 g/mol. The van der Waals surface area contributed by atoms with E-state index in [1.807, 2.05) is 42.5 Å². The first-order chi connectivity index (χ1) is 11.8. The van der Waals surface area contributed by atoms with E-state index in [4.69, 9.17) is 11.7 Å². The molecule has 0 unspecified atom stereocenters. The van der Waals surface area contributed by atoms with E-state index < -0.39 is 0 Å². The molecule has 3 aromatic rings. The number of aromatic amines is 1. The highest BCUT2D eigenvalue weighted by Gasteiger charge is 2.15. The molecule has 1 heterocycles. The minimum Gasteiger partial charge on any atom is -0.277 e. The Hall–Kier alpha value is -2.51. The van der Waals surface area contributed by atoms with Crippen molar-refractivity contribution in [1.82, 2.24) is 21.0 Å². The molecule has 2 aromatic carbocycles. The quantitative estimate of drug-likeness (QED) is 0.272. The van der Waals surface area contributed by atoms with Crippen LogP contribution in [0.1, 0.15) is 24.2 Å². The number of hydrogen-bond donors (Lipinski definition) is 5. The lowest BCUT2D eigenvalue weighted by molar-refractivity contribution is 0.461. The lowest BCUT2D eigenvalue weighted by Gasteiger charge is -2.15. The summed E-state index contributed by atoms with van der Waals surface area (Å²) in [5.74, 6) is 10.9. The summed E-state index contributed by atoms with van der Waals surface area (Å²) in [5.41, 5.74) is 11.7. The summed E-state index contributed by atoms with van der Waals surface area (Å²) in [6, 6.07) is 18.3. The summed E-state index contributed by atoms with van der Waals surface area (Å²) in [4.78, 5) is 0. The Bertz CT molecular complexity index is 775. The number of H-pyrrole nitrogens is 1. The molecule has 1 aromatic heterocycles. The van der Waals surface area contributed by atoms with Gasteiger partial charge in [-0.15, -0.1) is 0 Å². The number of nitrogens with one attached hydrogen (secondary N) is 3. The highest BCUT2D eigenvalue weighted by Crippen LogP contribution is 2.30. The number of nitrogens with two attached hydrogens (primary N) is 2. The van der Waals surface area contributed by atoms with Crippen molar-refractivity contribution in [2.24, 2.45) is 11.7 Å². The molecule has 0 bridgehead atoms. The standard InChI is InChI=1S/C18H22N6/c1-2-15-16(12-6-4-3-5-7-12)23-24-17(15)13-8-10-14(11-9-13)18(21-19)22-20/h3-11,18,21-22H,2,19-20H2,1H3,(H,23,24). The maximum Gasteiger partial charge on any atom is 0.108 e. The van der Waals surface area contributed by atoms with Crippen molar-refractivity contribution in [3.8, 4) is 22.5 Å². The smallest absolute Gasteiger partial charge is 0.108 e. The van der Waals surface area contributed by atoms with Gasteiger partial charge in [0.25, 0.3) is 0 Å². The highest BCUT2D eigenvalue weighted by atomic mass is 15.4. The molecule has 0 radical (unpaired) electrons. The zero-order valence-electron chi connectivity index (χ0n) is 13.6. The van der Waals surface area contributed by atoms with Crippen LogP contribution in [0, 0.1) is 0 Å². The molecule has 0 amide bonds. The molecular formula is C18H22N6. The predicted molar refractivity (Wildman–Crippen MR) is 96.2 cm³/mol. The molecule has 0 aliphatic heterocycles. The van der Waals surface area contributed by atoms with E-state index in [-0.39, 0.29) is 6.17 Å². The second kappa shape index (κ2) is 7.37. The Labute approximate surface area is 141 Å². The van der Waals surface area contributed by atoms with Crippen LogP contribution in [0.2, 0.25) is 0 Å². The normalized spacial score (nSPS) is 11.2. The zero-order chi connectivity index (χ0) is 16.9. The zero-order valence-corrected chi connectivity index (χ0v) is 13.6. The van der Waals surface area contributed by atoms with Gasteiger partial charge in [0.2, 0.25) is 0 Å². The van der Waals surface area contributed by atoms with Crippen molar-refractivity contribution in [3.05, 3.63) is 65.7 Å². The molecule has 6 nitrogen and oxygen atoms in total. The molecule has 0 saturated heterocycles. The first-order valence-corrected chi connectivity index (χ1v) is 7.93. The molecule has 0 aliphatic carbocycles. The van der Waals surface area contributed by atoms with Gasteiger partial charge in [0.1, 0.15) is 6.17 Å². The maximum absolute atomic E-state index is 5.47. The van der Waals surface area contributed by atoms with Crippen LogP contribution in [-0.4, -0.2) is 10.2 Å². The van der Waals surface area contributed by atoms with Crippen LogP contribution in [0.5, 0.6) is 0 Å². The van der Waals surface area contributed by atoms with E-state index in [1.165, 1.54) is 5.56 Å². The molecule has 124 valence electrons. The van der Waals surface area contributed by atoms with Crippen LogP contribution in [0.15, 0.2) is 54.6 Å². The molecule has 0 aliphatic rings. The molecule has 6 heteroatoms. The third-order valence-electron chi connectivity index (χ3n) is 4.13. The molecule has 0 spiro atoms. The van der Waals surface area contributed by atoms with Gasteiger partial charge >= 0.3 is 0 Å². The van der Waals surface area contributed by atoms with Crippen molar-refractivity contribution in [1.29, 1.82) is 0 Å². The topological polar surface area (TPSA) is 105 Å². The SMILES string of the molecule is CCc1c(-c2ccccc2)n[nH]c1-c1ccc(C(NN)NN)cc1. The summed E-state index contributed by atoms with van der Waals surface area (Å²) in [5, 5.41) is 7.72. The average Bonchev–Trinajstić information content (AvgIpc) is 3.08. The fourth-order valence-corrected chi connectivity index (χ4v) is 2.87.